The molecule has 2 amide bonds. The van der Waals surface area contributed by atoms with Gasteiger partial charge in [0, 0.05) is 92.7 Å². The number of aliphatic hydroxyl groups excluding tert-OH is 2. The van der Waals surface area contributed by atoms with Gasteiger partial charge in [-0.05, 0) is 87.9 Å². The molecule has 0 bridgehead atoms. The number of rotatable bonds is 28. The predicted octanol–water partition coefficient (Wildman–Crippen LogP) is 3.90. The van der Waals surface area contributed by atoms with Crippen LogP contribution in [0, 0.1) is 0 Å². The van der Waals surface area contributed by atoms with Gasteiger partial charge in [0.15, 0.2) is 28.7 Å². The van der Waals surface area contributed by atoms with Crippen molar-refractivity contribution in [2.24, 2.45) is 0 Å². The number of benzene rings is 3. The number of anilines is 2. The molecule has 0 aliphatic carbocycles. The molecule has 1 saturated heterocycles. The zero-order chi connectivity index (χ0) is 68.0. The Bertz CT molecular complexity index is 4350. The molecule has 0 spiro atoms. The van der Waals surface area contributed by atoms with Crippen LogP contribution in [0.2, 0.25) is 0 Å². The Labute approximate surface area is 535 Å². The lowest BCUT2D eigenvalue weighted by Crippen LogP contribution is -2.50. The van der Waals surface area contributed by atoms with Crippen LogP contribution in [0.5, 0.6) is 11.5 Å². The highest BCUT2D eigenvalue weighted by molar-refractivity contribution is 7.86. The van der Waals surface area contributed by atoms with Crippen LogP contribution in [0.3, 0.4) is 0 Å². The van der Waals surface area contributed by atoms with Crippen molar-refractivity contribution in [1.82, 2.24) is 34.3 Å². The van der Waals surface area contributed by atoms with Gasteiger partial charge in [-0.25, -0.2) is 41.6 Å². The number of aliphatic hydroxyl groups is 2. The molecule has 36 heteroatoms. The zero-order valence-electron chi connectivity index (χ0n) is 51.7. The molecule has 4 aliphatic heterocycles. The molecule has 2 unspecified atom stereocenters. The number of carbonyl (C=O) groups is 2. The first-order chi connectivity index (χ1) is 43.4. The second-order valence-electron chi connectivity index (χ2n) is 23.8. The van der Waals surface area contributed by atoms with Crippen LogP contribution in [0.25, 0.3) is 27.9 Å². The minimum Gasteiger partial charge on any atom is -0.748 e. The molecule has 31 nitrogen and oxygen atoms in total. The van der Waals surface area contributed by atoms with Gasteiger partial charge in [0.05, 0.1) is 46.0 Å². The molecule has 9 N–H and O–H groups in total. The Balaban J connectivity index is 0.827. The molecule has 1 fully saturated rings. The number of likely N-dealkylation sites (N-methyl/N-ethyl adjacent to an activating group) is 2. The number of amides is 2. The van der Waals surface area contributed by atoms with Crippen LogP contribution in [0.4, 0.5) is 11.5 Å². The molecule has 6 heterocycles. The Kier molecular flexibility index (Phi) is 21.0. The number of imidazole rings is 1. The van der Waals surface area contributed by atoms with Gasteiger partial charge in [0.2, 0.25) is 11.3 Å². The molecule has 0 radical (unpaired) electrons. The van der Waals surface area contributed by atoms with E-state index >= 15 is 0 Å². The molecule has 2 aromatic heterocycles. The number of nitrogens with zero attached hydrogens (tertiary/aromatic N) is 7. The molecule has 5 aromatic rings. The smallest absolute Gasteiger partial charge is 0.490 e. The maximum Gasteiger partial charge on any atom is 0.490 e. The quantitative estimate of drug-likeness (QED) is 0.0145. The van der Waals surface area contributed by atoms with Gasteiger partial charge < -0.3 is 64.2 Å². The van der Waals surface area contributed by atoms with Gasteiger partial charge in [0.25, 0.3) is 16.0 Å². The molecular weight excluding hydrogens is 1320 g/mol. The molecule has 3 aromatic carbocycles. The summed E-state index contributed by atoms with van der Waals surface area (Å²) in [5.41, 5.74) is 2.97. The maximum absolute atomic E-state index is 14.8. The van der Waals surface area contributed by atoms with E-state index in [1.54, 1.807) is 55.6 Å². The molecule has 93 heavy (non-hydrogen) atoms. The Morgan fingerprint density at radius 1 is 0.817 bits per heavy atom. The highest BCUT2D eigenvalue weighted by Gasteiger charge is 2.47. The fourth-order valence-corrected chi connectivity index (χ4v) is 16.6. The van der Waals surface area contributed by atoms with E-state index in [2.05, 4.69) is 48.2 Å². The number of fused-ring (bicyclic) bond motifs is 5. The molecule has 6 atom stereocenters. The van der Waals surface area contributed by atoms with E-state index in [0.717, 1.165) is 12.8 Å². The third-order valence-electron chi connectivity index (χ3n) is 16.2. The van der Waals surface area contributed by atoms with Crippen molar-refractivity contribution in [3.05, 3.63) is 112 Å². The third-order valence-corrected chi connectivity index (χ3v) is 21.3. The molecule has 9 rings (SSSR count). The lowest BCUT2D eigenvalue weighted by Gasteiger charge is -2.44. The number of hydrogen-bond donors (Lipinski definition) is 9. The first-order valence-corrected chi connectivity index (χ1v) is 37.2. The first kappa shape index (κ1) is 71.1. The van der Waals surface area contributed by atoms with Crippen LogP contribution in [-0.4, -0.2) is 179 Å². The molecular formula is C57H74N9O22P3S2. The van der Waals surface area contributed by atoms with Gasteiger partial charge in [-0.3, -0.25) is 23.2 Å². The van der Waals surface area contributed by atoms with Crippen molar-refractivity contribution in [1.29, 1.82) is 0 Å². The van der Waals surface area contributed by atoms with Gasteiger partial charge in [-0.15, -0.1) is 0 Å². The summed E-state index contributed by atoms with van der Waals surface area (Å²) >= 11 is 0. The zero-order valence-corrected chi connectivity index (χ0v) is 56.0. The highest BCUT2D eigenvalue weighted by Crippen LogP contribution is 2.66. The molecule has 506 valence electrons. The number of aromatic nitrogens is 4. The normalized spacial score (nSPS) is 20.5. The van der Waals surface area contributed by atoms with Crippen LogP contribution >= 0.6 is 23.5 Å². The van der Waals surface area contributed by atoms with E-state index < -0.39 is 97.4 Å². The Morgan fingerprint density at radius 3 is 2.19 bits per heavy atom. The number of hydrogen-bond acceptors (Lipinski definition) is 22. The first-order valence-electron chi connectivity index (χ1n) is 29.5. The number of ether oxygens (including phenoxy) is 2. The summed E-state index contributed by atoms with van der Waals surface area (Å²) in [7, 11) is -24.7. The monoisotopic (exact) mass is 1390 g/mol. The minimum atomic E-state index is -5.81. The third kappa shape index (κ3) is 16.6. The van der Waals surface area contributed by atoms with Crippen LogP contribution < -0.4 is 35.4 Å². The van der Waals surface area contributed by atoms with Crippen molar-refractivity contribution in [3.63, 3.8) is 0 Å². The van der Waals surface area contributed by atoms with E-state index in [1.807, 2.05) is 53.7 Å². The number of phosphoric acid groups is 3. The molecule has 4 aliphatic rings. The van der Waals surface area contributed by atoms with Gasteiger partial charge in [-0.2, -0.15) is 17.0 Å². The van der Waals surface area contributed by atoms with E-state index in [1.165, 1.54) is 22.1 Å². The summed E-state index contributed by atoms with van der Waals surface area (Å²) in [6.07, 6.45) is 2.97. The minimum absolute atomic E-state index is 0.117. The number of phosphoric ester groups is 1. The fraction of sp³-hybridized carbons (Fsp3) is 0.474. The largest absolute Gasteiger partial charge is 0.748 e. The lowest BCUT2D eigenvalue weighted by atomic mass is 9.83. The number of nitrogens with one attached hydrogen (secondary N) is 2. The standard InChI is InChI=1S/C57H74N9O22P3S2/c1-8-65-42-25-44-40(23-38(42)34(27-56(65,3)4)30-92(78,79)80)48(41-24-39-35(31-93(81,82)83)28-57(5,6)66(9-2)43(39)26-45(41)85-44)36-17-12-13-18-37(36)54(70)63(7)22-16-19-47(67)58-20-14-10-11-15-21-59-52-49-53(61-32-60-52)64(33-62-49)55-51(69)50(68)46(86-55)29-84-90(74,75)88-91(76,77)87-89(71,72)73/h12-13,17-18,23-28,32-33,46,50-51,55,68-69H,8-11,14-16,19-22,29-31H2,1-7H3,(H7-,58,59,60,61,67,71,72,73,74,75,76,77,78,79,80,81,82,83)/t46-,50-,51-,55-/m1/s1. The molecule has 0 saturated carbocycles. The van der Waals surface area contributed by atoms with Crippen molar-refractivity contribution < 1.29 is 102 Å². The van der Waals surface area contributed by atoms with Gasteiger partial charge in [-0.1, -0.05) is 37.1 Å². The lowest BCUT2D eigenvalue weighted by molar-refractivity contribution is -0.121. The van der Waals surface area contributed by atoms with Crippen LogP contribution in [0.1, 0.15) is 119 Å². The van der Waals surface area contributed by atoms with Gasteiger partial charge >= 0.3 is 23.5 Å². The van der Waals surface area contributed by atoms with E-state index in [9.17, 15) is 69.2 Å². The van der Waals surface area contributed by atoms with E-state index in [-0.39, 0.29) is 41.5 Å². The summed E-state index contributed by atoms with van der Waals surface area (Å²) in [6.45, 7) is 12.7. The van der Waals surface area contributed by atoms with Gasteiger partial charge in [0.1, 0.15) is 48.4 Å². The predicted molar refractivity (Wildman–Crippen MR) is 337 cm³/mol. The fourth-order valence-electron chi connectivity index (χ4n) is 12.3. The maximum atomic E-state index is 14.8. The van der Waals surface area contributed by atoms with Crippen molar-refractivity contribution in [2.45, 2.75) is 116 Å². The van der Waals surface area contributed by atoms with Crippen LogP contribution in [0.15, 0.2) is 73.3 Å². The summed E-state index contributed by atoms with van der Waals surface area (Å²) < 4.78 is 136. The van der Waals surface area contributed by atoms with Crippen molar-refractivity contribution in [2.75, 3.05) is 68.1 Å². The van der Waals surface area contributed by atoms with Crippen molar-refractivity contribution in [3.8, 4) is 11.5 Å². The number of carbonyl (C=O) groups excluding carboxylic acids is 2. The summed E-state index contributed by atoms with van der Waals surface area (Å²) in [5.74, 6) is -0.963. The average Bonchev–Trinajstić information content (AvgIpc) is 1.30. The topological polar surface area (TPSA) is 442 Å². The average molecular weight is 1390 g/mol. The second-order valence-corrected chi connectivity index (χ2v) is 31.1. The van der Waals surface area contributed by atoms with E-state index in [4.69, 9.17) is 19.3 Å². The van der Waals surface area contributed by atoms with E-state index in [0.29, 0.717) is 118 Å². The highest BCUT2D eigenvalue weighted by atomic mass is 32.2. The second kappa shape index (κ2) is 27.5. The SMILES string of the molecule is CCN1c2cc3c(cc2C(CS(=O)(=O)[O-])=CC1(C)C)C(c1ccccc1C(=O)N(C)CCCC(=O)NCCCCCCNc1ncnc2c1ncn2[C@@H]1O[C@H](COP(=O)(O)OP(=O)(O)OP(=O)(O)O)[C@@H](O)[C@H]1O)=c1cc2c(cc1O3)=[N+](CC)C(C)(C)C=C2CS(=O)(=O)O. The number of unbranched alkanes of at least 4 members (excludes halogenated alkanes) is 3. The van der Waals surface area contributed by atoms with Crippen LogP contribution in [-0.2, 0) is 56.6 Å². The Hall–Kier alpha value is -6.19. The summed E-state index contributed by atoms with van der Waals surface area (Å²) in [4.78, 5) is 81.1. The summed E-state index contributed by atoms with van der Waals surface area (Å²) in [5, 5.41) is 28.7. The van der Waals surface area contributed by atoms with Crippen molar-refractivity contribution >= 4 is 94.9 Å². The Morgan fingerprint density at radius 2 is 1.52 bits per heavy atom. The summed E-state index contributed by atoms with van der Waals surface area (Å²) in [6, 6.07) is 14.2.